The van der Waals surface area contributed by atoms with Crippen LogP contribution in [0.4, 0.5) is 0 Å². The van der Waals surface area contributed by atoms with E-state index >= 15 is 0 Å². The number of fused-ring (bicyclic) bond motifs is 1. The molecule has 0 N–H and O–H groups in total. The molecular weight excluding hydrogens is 332 g/mol. The van der Waals surface area contributed by atoms with Crippen molar-refractivity contribution in [3.63, 3.8) is 0 Å². The van der Waals surface area contributed by atoms with Gasteiger partial charge in [0.05, 0.1) is 24.0 Å². The lowest BCUT2D eigenvalue weighted by Crippen LogP contribution is -2.20. The van der Waals surface area contributed by atoms with E-state index in [-0.39, 0.29) is 6.10 Å². The van der Waals surface area contributed by atoms with E-state index in [4.69, 9.17) is 4.74 Å². The molecule has 0 saturated carbocycles. The number of hydrogen-bond donors (Lipinski definition) is 0. The van der Waals surface area contributed by atoms with E-state index < -0.39 is 0 Å². The Morgan fingerprint density at radius 1 is 1.27 bits per heavy atom. The van der Waals surface area contributed by atoms with E-state index in [0.717, 1.165) is 16.9 Å². The molecule has 4 rings (SSSR count). The molecule has 0 aliphatic carbocycles. The Morgan fingerprint density at radius 3 is 3.00 bits per heavy atom. The van der Waals surface area contributed by atoms with Crippen molar-refractivity contribution in [2.24, 2.45) is 0 Å². The van der Waals surface area contributed by atoms with Gasteiger partial charge in [0.15, 0.2) is 5.65 Å². The Labute approximate surface area is 148 Å². The average Bonchev–Trinajstić information content (AvgIpc) is 3.32. The Morgan fingerprint density at radius 2 is 2.19 bits per heavy atom. The van der Waals surface area contributed by atoms with Gasteiger partial charge in [-0.2, -0.15) is 10.4 Å². The second kappa shape index (κ2) is 6.60. The summed E-state index contributed by atoms with van der Waals surface area (Å²) in [5, 5.41) is 24.5. The highest BCUT2D eigenvalue weighted by atomic mass is 16.5. The minimum atomic E-state index is -0.217. The second-order valence-electron chi connectivity index (χ2n) is 5.73. The summed E-state index contributed by atoms with van der Waals surface area (Å²) in [6.45, 7) is 2.37. The van der Waals surface area contributed by atoms with Gasteiger partial charge in [-0.1, -0.05) is 6.07 Å². The summed E-state index contributed by atoms with van der Waals surface area (Å²) in [6, 6.07) is 11.3. The molecule has 0 radical (unpaired) electrons. The average molecular weight is 346 g/mol. The fourth-order valence-corrected chi connectivity index (χ4v) is 2.63. The normalized spacial score (nSPS) is 12.0. The van der Waals surface area contributed by atoms with Crippen LogP contribution in [-0.2, 0) is 6.54 Å². The summed E-state index contributed by atoms with van der Waals surface area (Å²) in [4.78, 5) is 4.57. The van der Waals surface area contributed by atoms with Crippen molar-refractivity contribution in [1.29, 1.82) is 5.26 Å². The van der Waals surface area contributed by atoms with Gasteiger partial charge in [0.1, 0.15) is 24.3 Å². The maximum atomic E-state index is 9.37. The van der Waals surface area contributed by atoms with Gasteiger partial charge in [-0.15, -0.1) is 5.10 Å². The van der Waals surface area contributed by atoms with E-state index in [1.54, 1.807) is 21.5 Å². The molecule has 1 aromatic carbocycles. The van der Waals surface area contributed by atoms with Crippen molar-refractivity contribution in [2.75, 3.05) is 0 Å². The molecule has 3 aromatic heterocycles. The third-order valence-electron chi connectivity index (χ3n) is 3.82. The van der Waals surface area contributed by atoms with Gasteiger partial charge in [0.25, 0.3) is 0 Å². The Kier molecular flexibility index (Phi) is 3.99. The maximum Gasteiger partial charge on any atom is 0.155 e. The Hall–Kier alpha value is -3.80. The van der Waals surface area contributed by atoms with E-state index in [0.29, 0.717) is 17.9 Å². The van der Waals surface area contributed by atoms with Gasteiger partial charge in [0, 0.05) is 17.8 Å². The SMILES string of the molecule is C[C@@H](Cn1cnnn1)Oc1cc(-c2ccn3nccc3n2)ccc1C#N. The molecular formula is C17H14N8O. The zero-order chi connectivity index (χ0) is 17.9. The van der Waals surface area contributed by atoms with Gasteiger partial charge in [-0.25, -0.2) is 14.2 Å². The minimum absolute atomic E-state index is 0.217. The van der Waals surface area contributed by atoms with E-state index in [2.05, 4.69) is 31.7 Å². The lowest BCUT2D eigenvalue weighted by atomic mass is 10.1. The van der Waals surface area contributed by atoms with Crippen LogP contribution in [0.2, 0.25) is 0 Å². The fourth-order valence-electron chi connectivity index (χ4n) is 2.63. The number of benzene rings is 1. The summed E-state index contributed by atoms with van der Waals surface area (Å²) >= 11 is 0. The van der Waals surface area contributed by atoms with Gasteiger partial charge < -0.3 is 4.74 Å². The molecule has 0 saturated heterocycles. The number of hydrogen-bond acceptors (Lipinski definition) is 7. The number of tetrazole rings is 1. The van der Waals surface area contributed by atoms with Gasteiger partial charge in [-0.3, -0.25) is 0 Å². The largest absolute Gasteiger partial charge is 0.487 e. The molecule has 0 unspecified atom stereocenters. The first-order chi connectivity index (χ1) is 12.7. The Balaban J connectivity index is 1.63. The Bertz CT molecular complexity index is 1080. The topological polar surface area (TPSA) is 107 Å². The van der Waals surface area contributed by atoms with E-state index in [9.17, 15) is 5.26 Å². The highest BCUT2D eigenvalue weighted by molar-refractivity contribution is 5.65. The molecule has 0 fully saturated rings. The van der Waals surface area contributed by atoms with E-state index in [1.807, 2.05) is 37.4 Å². The van der Waals surface area contributed by atoms with Crippen LogP contribution in [-0.4, -0.2) is 40.9 Å². The van der Waals surface area contributed by atoms with Crippen LogP contribution >= 0.6 is 0 Å². The first-order valence-corrected chi connectivity index (χ1v) is 7.95. The standard InChI is InChI=1S/C17H14N8O/c1-12(10-24-11-19-22-23-24)26-16-8-13(2-3-14(16)9-18)15-5-7-25-17(21-15)4-6-20-25/h2-8,11-12H,10H2,1H3/t12-/m0/s1. The molecule has 9 heteroatoms. The molecule has 3 heterocycles. The molecule has 0 amide bonds. The van der Waals surface area contributed by atoms with Gasteiger partial charge in [0.2, 0.25) is 0 Å². The van der Waals surface area contributed by atoms with Crippen molar-refractivity contribution in [1.82, 2.24) is 34.8 Å². The van der Waals surface area contributed by atoms with Crippen molar-refractivity contribution in [3.8, 4) is 23.1 Å². The van der Waals surface area contributed by atoms with E-state index in [1.165, 1.54) is 6.33 Å². The van der Waals surface area contributed by atoms with Crippen LogP contribution in [0.1, 0.15) is 12.5 Å². The zero-order valence-corrected chi connectivity index (χ0v) is 13.9. The summed E-state index contributed by atoms with van der Waals surface area (Å²) < 4.78 is 9.23. The third-order valence-corrected chi connectivity index (χ3v) is 3.82. The summed E-state index contributed by atoms with van der Waals surface area (Å²) in [6.07, 6.45) is 4.84. The zero-order valence-electron chi connectivity index (χ0n) is 13.9. The predicted molar refractivity (Wildman–Crippen MR) is 91.0 cm³/mol. The first-order valence-electron chi connectivity index (χ1n) is 7.95. The van der Waals surface area contributed by atoms with Gasteiger partial charge >= 0.3 is 0 Å². The lowest BCUT2D eigenvalue weighted by Gasteiger charge is -2.16. The predicted octanol–water partition coefficient (Wildman–Crippen LogP) is 1.72. The smallest absolute Gasteiger partial charge is 0.155 e. The van der Waals surface area contributed by atoms with Crippen LogP contribution in [0.5, 0.6) is 5.75 Å². The van der Waals surface area contributed by atoms with Crippen LogP contribution in [0.3, 0.4) is 0 Å². The summed E-state index contributed by atoms with van der Waals surface area (Å²) in [7, 11) is 0. The van der Waals surface area contributed by atoms with Gasteiger partial charge in [-0.05, 0) is 35.5 Å². The molecule has 128 valence electrons. The number of rotatable bonds is 5. The number of nitrogens with zero attached hydrogens (tertiary/aromatic N) is 8. The van der Waals surface area contributed by atoms with Crippen molar-refractivity contribution in [3.05, 3.63) is 54.6 Å². The first kappa shape index (κ1) is 15.7. The minimum Gasteiger partial charge on any atom is -0.487 e. The van der Waals surface area contributed by atoms with Crippen molar-refractivity contribution < 1.29 is 4.74 Å². The molecule has 0 aliphatic heterocycles. The summed E-state index contributed by atoms with van der Waals surface area (Å²) in [5.41, 5.74) is 2.85. The van der Waals surface area contributed by atoms with Crippen molar-refractivity contribution >= 4 is 5.65 Å². The van der Waals surface area contributed by atoms with Crippen LogP contribution in [0.25, 0.3) is 16.9 Å². The fraction of sp³-hybridized carbons (Fsp3) is 0.176. The highest BCUT2D eigenvalue weighted by Gasteiger charge is 2.12. The molecule has 26 heavy (non-hydrogen) atoms. The number of nitriles is 1. The third kappa shape index (κ3) is 3.08. The second-order valence-corrected chi connectivity index (χ2v) is 5.73. The quantitative estimate of drug-likeness (QED) is 0.541. The van der Waals surface area contributed by atoms with Crippen molar-refractivity contribution in [2.45, 2.75) is 19.6 Å². The molecule has 9 nitrogen and oxygen atoms in total. The molecule has 0 aliphatic rings. The molecule has 1 atom stereocenters. The maximum absolute atomic E-state index is 9.37. The monoisotopic (exact) mass is 346 g/mol. The number of aromatic nitrogens is 7. The summed E-state index contributed by atoms with van der Waals surface area (Å²) in [5.74, 6) is 0.501. The number of ether oxygens (including phenoxy) is 1. The molecule has 0 spiro atoms. The van der Waals surface area contributed by atoms with Crippen LogP contribution in [0, 0.1) is 11.3 Å². The molecule has 0 bridgehead atoms. The molecule has 4 aromatic rings. The lowest BCUT2D eigenvalue weighted by molar-refractivity contribution is 0.192. The highest BCUT2D eigenvalue weighted by Crippen LogP contribution is 2.27. The van der Waals surface area contributed by atoms with Crippen LogP contribution in [0.15, 0.2) is 49.1 Å². The van der Waals surface area contributed by atoms with Crippen LogP contribution < -0.4 is 4.74 Å².